The second-order valence-electron chi connectivity index (χ2n) is 3.19. The Balaban J connectivity index is 2.34. The first-order valence-electron chi connectivity index (χ1n) is 5.19. The van der Waals surface area contributed by atoms with Gasteiger partial charge in [-0.3, -0.25) is 4.98 Å². The highest BCUT2D eigenvalue weighted by Gasteiger charge is 2.05. The van der Waals surface area contributed by atoms with E-state index in [1.54, 1.807) is 25.6 Å². The van der Waals surface area contributed by atoms with Gasteiger partial charge in [-0.15, -0.1) is 0 Å². The van der Waals surface area contributed by atoms with E-state index in [1.165, 1.54) is 0 Å². The summed E-state index contributed by atoms with van der Waals surface area (Å²) in [4.78, 5) is 4.25. The fourth-order valence-corrected chi connectivity index (χ4v) is 1.32. The number of nitrogens with zero attached hydrogens (tertiary/aromatic N) is 1. The van der Waals surface area contributed by atoms with Gasteiger partial charge in [0.2, 0.25) is 0 Å². The third-order valence-corrected chi connectivity index (χ3v) is 2.19. The molecule has 0 bridgehead atoms. The number of ether oxygens (including phenoxy) is 3. The zero-order valence-corrected chi connectivity index (χ0v) is 10.5. The first-order chi connectivity index (χ1) is 8.25. The highest BCUT2D eigenvalue weighted by molar-refractivity contribution is 7.80. The van der Waals surface area contributed by atoms with Gasteiger partial charge in [-0.25, -0.2) is 0 Å². The second kappa shape index (κ2) is 7.94. The van der Waals surface area contributed by atoms with Gasteiger partial charge in [0.15, 0.2) is 0 Å². The molecule has 0 saturated carbocycles. The van der Waals surface area contributed by atoms with Gasteiger partial charge in [0.25, 0.3) is 0 Å². The van der Waals surface area contributed by atoms with E-state index in [2.05, 4.69) is 4.98 Å². The third kappa shape index (κ3) is 5.08. The van der Waals surface area contributed by atoms with Gasteiger partial charge >= 0.3 is 0 Å². The van der Waals surface area contributed by atoms with Crippen LogP contribution in [0.3, 0.4) is 0 Å². The Bertz CT molecular complexity index is 360. The molecule has 0 amide bonds. The van der Waals surface area contributed by atoms with Gasteiger partial charge in [-0.1, -0.05) is 12.2 Å². The van der Waals surface area contributed by atoms with Crippen LogP contribution < -0.4 is 10.5 Å². The summed E-state index contributed by atoms with van der Waals surface area (Å²) in [6, 6.07) is 1.73. The summed E-state index contributed by atoms with van der Waals surface area (Å²) in [7, 11) is 1.63. The average Bonchev–Trinajstić information content (AvgIpc) is 2.34. The summed E-state index contributed by atoms with van der Waals surface area (Å²) in [6.07, 6.45) is 3.21. The summed E-state index contributed by atoms with van der Waals surface area (Å²) >= 11 is 4.91. The van der Waals surface area contributed by atoms with Crippen molar-refractivity contribution in [2.45, 2.75) is 0 Å². The fraction of sp³-hybridized carbons (Fsp3) is 0.455. The lowest BCUT2D eigenvalue weighted by Crippen LogP contribution is -2.14. The Morgan fingerprint density at radius 3 is 2.82 bits per heavy atom. The van der Waals surface area contributed by atoms with Crippen LogP contribution >= 0.6 is 12.2 Å². The lowest BCUT2D eigenvalue weighted by Gasteiger charge is -2.09. The molecule has 0 aliphatic carbocycles. The number of hydrogen-bond donors (Lipinski definition) is 1. The summed E-state index contributed by atoms with van der Waals surface area (Å²) < 4.78 is 15.6. The molecule has 1 heterocycles. The molecule has 0 radical (unpaired) electrons. The van der Waals surface area contributed by atoms with Crippen LogP contribution in [0.5, 0.6) is 5.75 Å². The molecule has 0 saturated heterocycles. The zero-order chi connectivity index (χ0) is 12.5. The summed E-state index contributed by atoms with van der Waals surface area (Å²) in [5.74, 6) is 0.579. The molecule has 1 aromatic heterocycles. The molecule has 5 nitrogen and oxygen atoms in total. The molecule has 0 aliphatic heterocycles. The highest BCUT2D eigenvalue weighted by atomic mass is 32.1. The van der Waals surface area contributed by atoms with E-state index in [0.29, 0.717) is 42.7 Å². The van der Waals surface area contributed by atoms with Crippen molar-refractivity contribution in [2.75, 3.05) is 33.5 Å². The van der Waals surface area contributed by atoms with Crippen LogP contribution in [0.4, 0.5) is 0 Å². The van der Waals surface area contributed by atoms with Gasteiger partial charge in [-0.2, -0.15) is 0 Å². The first kappa shape index (κ1) is 13.8. The van der Waals surface area contributed by atoms with Gasteiger partial charge in [0.1, 0.15) is 17.3 Å². The quantitative estimate of drug-likeness (QED) is 0.547. The van der Waals surface area contributed by atoms with Crippen molar-refractivity contribution in [3.05, 3.63) is 24.0 Å². The monoisotopic (exact) mass is 256 g/mol. The van der Waals surface area contributed by atoms with E-state index >= 15 is 0 Å². The van der Waals surface area contributed by atoms with E-state index in [-0.39, 0.29) is 0 Å². The maximum absolute atomic E-state index is 5.56. The van der Waals surface area contributed by atoms with E-state index in [0.717, 1.165) is 0 Å². The first-order valence-corrected chi connectivity index (χ1v) is 5.60. The molecule has 0 aliphatic rings. The van der Waals surface area contributed by atoms with Crippen LogP contribution in [0.15, 0.2) is 18.5 Å². The predicted molar refractivity (Wildman–Crippen MR) is 68.3 cm³/mol. The number of methoxy groups -OCH3 is 1. The summed E-state index contributed by atoms with van der Waals surface area (Å²) in [5.41, 5.74) is 6.25. The zero-order valence-electron chi connectivity index (χ0n) is 9.72. The van der Waals surface area contributed by atoms with Crippen LogP contribution in [0.1, 0.15) is 5.56 Å². The number of nitrogens with two attached hydrogens (primary N) is 1. The van der Waals surface area contributed by atoms with Crippen molar-refractivity contribution >= 4 is 17.2 Å². The molecule has 0 unspecified atom stereocenters. The van der Waals surface area contributed by atoms with Crippen LogP contribution in [0.2, 0.25) is 0 Å². The topological polar surface area (TPSA) is 66.6 Å². The van der Waals surface area contributed by atoms with Crippen molar-refractivity contribution in [1.82, 2.24) is 4.98 Å². The molecule has 6 heteroatoms. The van der Waals surface area contributed by atoms with E-state index in [1.807, 2.05) is 0 Å². The van der Waals surface area contributed by atoms with Gasteiger partial charge in [0, 0.05) is 13.3 Å². The number of rotatable bonds is 8. The van der Waals surface area contributed by atoms with Gasteiger partial charge in [0.05, 0.1) is 31.6 Å². The van der Waals surface area contributed by atoms with Crippen molar-refractivity contribution in [3.63, 3.8) is 0 Å². The molecule has 0 atom stereocenters. The lowest BCUT2D eigenvalue weighted by molar-refractivity contribution is 0.0543. The minimum Gasteiger partial charge on any atom is -0.489 e. The van der Waals surface area contributed by atoms with E-state index in [9.17, 15) is 0 Å². The summed E-state index contributed by atoms with van der Waals surface area (Å²) in [5, 5.41) is 0. The highest BCUT2D eigenvalue weighted by Crippen LogP contribution is 2.15. The second-order valence-corrected chi connectivity index (χ2v) is 3.63. The van der Waals surface area contributed by atoms with E-state index in [4.69, 9.17) is 32.2 Å². The Morgan fingerprint density at radius 2 is 2.12 bits per heavy atom. The SMILES string of the molecule is COCCOCCOc1cnccc1C(N)=S. The number of hydrogen-bond acceptors (Lipinski definition) is 5. The molecule has 0 spiro atoms. The molecule has 0 fully saturated rings. The van der Waals surface area contributed by atoms with Crippen molar-refractivity contribution in [1.29, 1.82) is 0 Å². The van der Waals surface area contributed by atoms with Crippen molar-refractivity contribution in [2.24, 2.45) is 5.73 Å². The molecular formula is C11H16N2O3S. The number of aromatic nitrogens is 1. The Morgan fingerprint density at radius 1 is 1.35 bits per heavy atom. The van der Waals surface area contributed by atoms with Gasteiger partial charge < -0.3 is 19.9 Å². The largest absolute Gasteiger partial charge is 0.489 e. The Labute approximate surface area is 106 Å². The minimum atomic E-state index is 0.294. The van der Waals surface area contributed by atoms with Crippen LogP contribution in [-0.4, -0.2) is 43.5 Å². The lowest BCUT2D eigenvalue weighted by atomic mass is 10.2. The maximum atomic E-state index is 5.56. The van der Waals surface area contributed by atoms with Crippen molar-refractivity contribution < 1.29 is 14.2 Å². The molecule has 2 N–H and O–H groups in total. The minimum absolute atomic E-state index is 0.294. The number of thiocarbonyl (C=S) groups is 1. The summed E-state index contributed by atoms with van der Waals surface area (Å²) in [6.45, 7) is 2.03. The van der Waals surface area contributed by atoms with Gasteiger partial charge in [-0.05, 0) is 6.07 Å². The van der Waals surface area contributed by atoms with E-state index < -0.39 is 0 Å². The maximum Gasteiger partial charge on any atom is 0.147 e. The predicted octanol–water partition coefficient (Wildman–Crippen LogP) is 0.758. The van der Waals surface area contributed by atoms with Crippen LogP contribution in [0, 0.1) is 0 Å². The average molecular weight is 256 g/mol. The Hall–Kier alpha value is -1.24. The van der Waals surface area contributed by atoms with Crippen LogP contribution in [-0.2, 0) is 9.47 Å². The molecule has 0 aromatic carbocycles. The normalized spacial score (nSPS) is 10.2. The molecule has 1 rings (SSSR count). The van der Waals surface area contributed by atoms with Crippen LogP contribution in [0.25, 0.3) is 0 Å². The standard InChI is InChI=1S/C11H16N2O3S/c1-14-4-5-15-6-7-16-10-8-13-3-2-9(10)11(12)17/h2-3,8H,4-7H2,1H3,(H2,12,17). The number of pyridine rings is 1. The molecule has 94 valence electrons. The third-order valence-electron chi connectivity index (χ3n) is 1.97. The molecule has 17 heavy (non-hydrogen) atoms. The smallest absolute Gasteiger partial charge is 0.147 e. The van der Waals surface area contributed by atoms with Crippen molar-refractivity contribution in [3.8, 4) is 5.75 Å². The molecule has 1 aromatic rings. The molecular weight excluding hydrogens is 240 g/mol. The fourth-order valence-electron chi connectivity index (χ4n) is 1.15. The Kier molecular flexibility index (Phi) is 6.46.